The molecule has 2 aliphatic rings. The largest absolute Gasteiger partial charge is 0.378 e. The van der Waals surface area contributed by atoms with E-state index in [4.69, 9.17) is 0 Å². The van der Waals surface area contributed by atoms with Gasteiger partial charge in [-0.15, -0.1) is 0 Å². The molecule has 5 heteroatoms. The Labute approximate surface area is 174 Å². The Morgan fingerprint density at radius 2 is 1.77 bits per heavy atom. The van der Waals surface area contributed by atoms with Crippen LogP contribution >= 0.6 is 0 Å². The first-order valence-electron chi connectivity index (χ1n) is 10.1. The van der Waals surface area contributed by atoms with Crippen LogP contribution in [-0.2, 0) is 0 Å². The van der Waals surface area contributed by atoms with Crippen LogP contribution in [0.15, 0.2) is 89.9 Å². The van der Waals surface area contributed by atoms with Crippen molar-refractivity contribution >= 4 is 23.3 Å². The third kappa shape index (κ3) is 3.39. The van der Waals surface area contributed by atoms with Gasteiger partial charge in [0.15, 0.2) is 0 Å². The lowest BCUT2D eigenvalue weighted by atomic mass is 9.77. The Morgan fingerprint density at radius 3 is 2.53 bits per heavy atom. The number of nitrogens with zero attached hydrogens (tertiary/aromatic N) is 2. The zero-order chi connectivity index (χ0) is 20.5. The summed E-state index contributed by atoms with van der Waals surface area (Å²) in [6, 6.07) is 23.6. The van der Waals surface area contributed by atoms with Crippen LogP contribution in [0.25, 0.3) is 0 Å². The number of benzene rings is 3. The molecule has 0 unspecified atom stereocenters. The minimum atomic E-state index is -0.401. The molecule has 1 heterocycles. The minimum absolute atomic E-state index is 0.0813. The summed E-state index contributed by atoms with van der Waals surface area (Å²) in [5.41, 5.74) is 5.63. The molecule has 5 nitrogen and oxygen atoms in total. The lowest BCUT2D eigenvalue weighted by Crippen LogP contribution is -2.28. The Balaban J connectivity index is 1.34. The van der Waals surface area contributed by atoms with Crippen LogP contribution in [0.5, 0.6) is 0 Å². The van der Waals surface area contributed by atoms with Gasteiger partial charge in [0.2, 0.25) is 0 Å². The van der Waals surface area contributed by atoms with Crippen molar-refractivity contribution in [3.05, 3.63) is 112 Å². The molecular weight excluding hydrogens is 374 g/mol. The van der Waals surface area contributed by atoms with E-state index < -0.39 is 4.92 Å². The molecule has 3 aromatic rings. The summed E-state index contributed by atoms with van der Waals surface area (Å²) in [6.07, 6.45) is 7.46. The summed E-state index contributed by atoms with van der Waals surface area (Å²) in [7, 11) is 0. The van der Waals surface area contributed by atoms with Gasteiger partial charge in [-0.25, -0.2) is 0 Å². The van der Waals surface area contributed by atoms with Gasteiger partial charge < -0.3 is 5.32 Å². The second-order valence-corrected chi connectivity index (χ2v) is 7.76. The predicted octanol–water partition coefficient (Wildman–Crippen LogP) is 6.17. The SMILES string of the molecule is O=[N+]([O-])c1ccc(C=Nc2ccc([C@@H]3Nc4ccccc4[C@@H]4C=CC[C@H]43)cc2)cc1. The molecule has 1 aliphatic heterocycles. The number of rotatable bonds is 4. The van der Waals surface area contributed by atoms with Crippen molar-refractivity contribution in [1.82, 2.24) is 0 Å². The zero-order valence-electron chi connectivity index (χ0n) is 16.3. The topological polar surface area (TPSA) is 67.5 Å². The first kappa shape index (κ1) is 18.3. The normalized spacial score (nSPS) is 21.8. The van der Waals surface area contributed by atoms with E-state index in [1.165, 1.54) is 28.9 Å². The van der Waals surface area contributed by atoms with E-state index >= 15 is 0 Å². The Bertz CT molecular complexity index is 1130. The van der Waals surface area contributed by atoms with E-state index in [0.29, 0.717) is 11.8 Å². The van der Waals surface area contributed by atoms with Gasteiger partial charge in [0.05, 0.1) is 16.7 Å². The van der Waals surface area contributed by atoms with Gasteiger partial charge in [-0.3, -0.25) is 15.1 Å². The lowest BCUT2D eigenvalue weighted by molar-refractivity contribution is -0.384. The van der Waals surface area contributed by atoms with Gasteiger partial charge >= 0.3 is 0 Å². The lowest BCUT2D eigenvalue weighted by Gasteiger charge is -2.37. The molecule has 3 aromatic carbocycles. The second kappa shape index (κ2) is 7.59. The van der Waals surface area contributed by atoms with E-state index in [1.54, 1.807) is 18.3 Å². The van der Waals surface area contributed by atoms with Crippen molar-refractivity contribution in [2.45, 2.75) is 18.4 Å². The number of nitro benzene ring substituents is 1. The summed E-state index contributed by atoms with van der Waals surface area (Å²) in [6.45, 7) is 0. The van der Waals surface area contributed by atoms with Crippen molar-refractivity contribution in [2.75, 3.05) is 5.32 Å². The fourth-order valence-electron chi connectivity index (χ4n) is 4.47. The number of allylic oxidation sites excluding steroid dienone is 2. The van der Waals surface area contributed by atoms with E-state index in [0.717, 1.165) is 17.7 Å². The number of fused-ring (bicyclic) bond motifs is 3. The number of non-ortho nitro benzene ring substituents is 1. The van der Waals surface area contributed by atoms with Crippen LogP contribution in [0.4, 0.5) is 17.1 Å². The highest BCUT2D eigenvalue weighted by Crippen LogP contribution is 2.49. The van der Waals surface area contributed by atoms with Crippen LogP contribution in [0.3, 0.4) is 0 Å². The first-order chi connectivity index (χ1) is 14.7. The Morgan fingerprint density at radius 1 is 1.00 bits per heavy atom. The first-order valence-corrected chi connectivity index (χ1v) is 10.1. The number of para-hydroxylation sites is 1. The summed E-state index contributed by atoms with van der Waals surface area (Å²) in [5, 5.41) is 14.5. The van der Waals surface area contributed by atoms with Gasteiger partial charge in [-0.05, 0) is 59.4 Å². The van der Waals surface area contributed by atoms with Crippen LogP contribution in [-0.4, -0.2) is 11.1 Å². The maximum absolute atomic E-state index is 10.8. The van der Waals surface area contributed by atoms with Gasteiger partial charge in [-0.2, -0.15) is 0 Å². The molecule has 5 rings (SSSR count). The third-order valence-corrected chi connectivity index (χ3v) is 5.99. The molecule has 0 saturated heterocycles. The van der Waals surface area contributed by atoms with Gasteiger partial charge in [0.1, 0.15) is 0 Å². The van der Waals surface area contributed by atoms with E-state index in [-0.39, 0.29) is 11.7 Å². The smallest absolute Gasteiger partial charge is 0.269 e. The number of aliphatic imine (C=N–C) groups is 1. The maximum atomic E-state index is 10.8. The molecule has 0 amide bonds. The fourth-order valence-corrected chi connectivity index (χ4v) is 4.47. The maximum Gasteiger partial charge on any atom is 0.269 e. The summed E-state index contributed by atoms with van der Waals surface area (Å²) in [4.78, 5) is 14.9. The van der Waals surface area contributed by atoms with Crippen molar-refractivity contribution in [3.8, 4) is 0 Å². The molecule has 3 atom stereocenters. The second-order valence-electron chi connectivity index (χ2n) is 7.76. The highest BCUT2D eigenvalue weighted by molar-refractivity contribution is 5.82. The molecule has 0 saturated carbocycles. The van der Waals surface area contributed by atoms with Crippen molar-refractivity contribution in [2.24, 2.45) is 10.9 Å². The summed E-state index contributed by atoms with van der Waals surface area (Å²) < 4.78 is 0. The molecular formula is C25H21N3O2. The zero-order valence-corrected chi connectivity index (χ0v) is 16.3. The number of hydrogen-bond acceptors (Lipinski definition) is 4. The third-order valence-electron chi connectivity index (χ3n) is 5.99. The Hall–Kier alpha value is -3.73. The number of nitrogens with one attached hydrogen (secondary N) is 1. The number of hydrogen-bond donors (Lipinski definition) is 1. The van der Waals surface area contributed by atoms with Crippen LogP contribution in [0.1, 0.15) is 35.1 Å². The van der Waals surface area contributed by atoms with Gasteiger partial charge in [0.25, 0.3) is 5.69 Å². The van der Waals surface area contributed by atoms with E-state index in [1.807, 2.05) is 12.1 Å². The van der Waals surface area contributed by atoms with Crippen molar-refractivity contribution in [3.63, 3.8) is 0 Å². The van der Waals surface area contributed by atoms with Crippen molar-refractivity contribution < 1.29 is 4.92 Å². The summed E-state index contributed by atoms with van der Waals surface area (Å²) >= 11 is 0. The Kier molecular flexibility index (Phi) is 4.64. The average molecular weight is 395 g/mol. The molecule has 30 heavy (non-hydrogen) atoms. The predicted molar refractivity (Wildman–Crippen MR) is 120 cm³/mol. The molecule has 148 valence electrons. The molecule has 1 aliphatic carbocycles. The monoisotopic (exact) mass is 395 g/mol. The number of anilines is 1. The van der Waals surface area contributed by atoms with E-state index in [2.05, 4.69) is 58.9 Å². The average Bonchev–Trinajstić information content (AvgIpc) is 3.28. The van der Waals surface area contributed by atoms with Gasteiger partial charge in [-0.1, -0.05) is 42.5 Å². The standard InChI is InChI=1S/C25H21N3O2/c29-28(30)20-14-8-17(9-15-20)16-26-19-12-10-18(11-13-19)25-23-6-3-5-21(23)22-4-1-2-7-24(22)27-25/h1-5,7-16,21,23,25,27H,6H2/t21-,23+,25-/m0/s1. The van der Waals surface area contributed by atoms with Crippen molar-refractivity contribution in [1.29, 1.82) is 0 Å². The quantitative estimate of drug-likeness (QED) is 0.248. The van der Waals surface area contributed by atoms with Crippen LogP contribution in [0.2, 0.25) is 0 Å². The van der Waals surface area contributed by atoms with E-state index in [9.17, 15) is 10.1 Å². The number of nitro groups is 1. The summed E-state index contributed by atoms with van der Waals surface area (Å²) in [5.74, 6) is 0.988. The highest BCUT2D eigenvalue weighted by atomic mass is 16.6. The fraction of sp³-hybridized carbons (Fsp3) is 0.160. The highest BCUT2D eigenvalue weighted by Gasteiger charge is 2.37. The molecule has 0 aromatic heterocycles. The molecule has 0 spiro atoms. The molecule has 1 N–H and O–H groups in total. The van der Waals surface area contributed by atoms with Crippen LogP contribution in [0, 0.1) is 16.0 Å². The van der Waals surface area contributed by atoms with Gasteiger partial charge in [0, 0.05) is 30.0 Å². The molecule has 0 bridgehead atoms. The minimum Gasteiger partial charge on any atom is -0.378 e. The molecule has 0 radical (unpaired) electrons. The molecule has 0 fully saturated rings. The van der Waals surface area contributed by atoms with Crippen LogP contribution < -0.4 is 5.32 Å².